The van der Waals surface area contributed by atoms with Crippen LogP contribution in [0.3, 0.4) is 0 Å². The fourth-order valence-electron chi connectivity index (χ4n) is 2.80. The quantitative estimate of drug-likeness (QED) is 0.787. The first-order chi connectivity index (χ1) is 10.1. The summed E-state index contributed by atoms with van der Waals surface area (Å²) in [5.41, 5.74) is 4.79. The molecular weight excluding hydrogens is 328 g/mol. The maximum Gasteiger partial charge on any atom is 0.0739 e. The molecule has 0 aliphatic carbocycles. The number of hydrogen-bond donors (Lipinski definition) is 1. The number of rotatable bonds is 4. The van der Waals surface area contributed by atoms with E-state index in [9.17, 15) is 0 Å². The number of benzene rings is 1. The van der Waals surface area contributed by atoms with Crippen LogP contribution in [-0.2, 0) is 20.1 Å². The van der Waals surface area contributed by atoms with Crippen molar-refractivity contribution < 1.29 is 0 Å². The van der Waals surface area contributed by atoms with Gasteiger partial charge in [0.05, 0.1) is 22.4 Å². The molecule has 0 aliphatic heterocycles. The Balaban J connectivity index is 2.08. The van der Waals surface area contributed by atoms with Crippen molar-refractivity contribution in [2.75, 3.05) is 7.05 Å². The molecule has 21 heavy (non-hydrogen) atoms. The summed E-state index contributed by atoms with van der Waals surface area (Å²) in [5.74, 6) is 0. The van der Waals surface area contributed by atoms with Gasteiger partial charge in [-0.2, -0.15) is 5.10 Å². The van der Waals surface area contributed by atoms with Crippen LogP contribution in [0.2, 0.25) is 0 Å². The lowest BCUT2D eigenvalue weighted by Gasteiger charge is -2.06. The van der Waals surface area contributed by atoms with Crippen molar-refractivity contribution in [1.82, 2.24) is 19.7 Å². The van der Waals surface area contributed by atoms with Crippen LogP contribution in [0.25, 0.3) is 10.9 Å². The Labute approximate surface area is 132 Å². The van der Waals surface area contributed by atoms with Crippen LogP contribution in [-0.4, -0.2) is 21.4 Å². The van der Waals surface area contributed by atoms with Crippen LogP contribution in [0.15, 0.2) is 34.9 Å². The predicted octanol–water partition coefficient (Wildman–Crippen LogP) is 3.21. The molecule has 0 radical (unpaired) electrons. The van der Waals surface area contributed by atoms with Crippen molar-refractivity contribution >= 4 is 26.8 Å². The predicted molar refractivity (Wildman–Crippen MR) is 89.4 cm³/mol. The largest absolute Gasteiger partial charge is 0.341 e. The van der Waals surface area contributed by atoms with Gasteiger partial charge in [0.2, 0.25) is 0 Å². The average Bonchev–Trinajstić information content (AvgIpc) is 2.93. The molecule has 0 fully saturated rings. The number of aryl methyl sites for hydroxylation is 2. The standard InChI is InChI=1S/C16H19BrN4/c1-11-16(17)15(20(3)19-11)10-21-9-12(8-18-2)13-6-4-5-7-14(13)21/h4-7,9,18H,8,10H2,1-3H3. The van der Waals surface area contributed by atoms with Gasteiger partial charge in [0.1, 0.15) is 0 Å². The highest BCUT2D eigenvalue weighted by atomic mass is 79.9. The van der Waals surface area contributed by atoms with Gasteiger partial charge in [0.25, 0.3) is 0 Å². The zero-order valence-electron chi connectivity index (χ0n) is 12.5. The third kappa shape index (κ3) is 2.51. The zero-order chi connectivity index (χ0) is 15.0. The average molecular weight is 347 g/mol. The van der Waals surface area contributed by atoms with E-state index >= 15 is 0 Å². The molecule has 5 heteroatoms. The normalized spacial score (nSPS) is 11.4. The van der Waals surface area contributed by atoms with Crippen LogP contribution < -0.4 is 5.32 Å². The molecule has 0 amide bonds. The lowest BCUT2D eigenvalue weighted by Crippen LogP contribution is -2.06. The fraction of sp³-hybridized carbons (Fsp3) is 0.312. The van der Waals surface area contributed by atoms with E-state index < -0.39 is 0 Å². The Morgan fingerprint density at radius 3 is 2.71 bits per heavy atom. The molecule has 0 bridgehead atoms. The Kier molecular flexibility index (Phi) is 3.87. The van der Waals surface area contributed by atoms with Crippen molar-refractivity contribution in [1.29, 1.82) is 0 Å². The molecule has 0 atom stereocenters. The summed E-state index contributed by atoms with van der Waals surface area (Å²) in [6, 6.07) is 8.54. The molecule has 1 N–H and O–H groups in total. The fourth-order valence-corrected chi connectivity index (χ4v) is 3.26. The molecule has 0 spiro atoms. The number of aromatic nitrogens is 3. The van der Waals surface area contributed by atoms with Crippen molar-refractivity contribution in [3.8, 4) is 0 Å². The first-order valence-electron chi connectivity index (χ1n) is 7.01. The van der Waals surface area contributed by atoms with E-state index in [1.54, 1.807) is 0 Å². The van der Waals surface area contributed by atoms with Gasteiger partial charge in [-0.3, -0.25) is 4.68 Å². The summed E-state index contributed by atoms with van der Waals surface area (Å²) >= 11 is 3.65. The Morgan fingerprint density at radius 2 is 2.05 bits per heavy atom. The molecule has 3 rings (SSSR count). The first-order valence-corrected chi connectivity index (χ1v) is 7.80. The summed E-state index contributed by atoms with van der Waals surface area (Å²) in [7, 11) is 3.97. The van der Waals surface area contributed by atoms with Crippen molar-refractivity contribution in [3.63, 3.8) is 0 Å². The minimum atomic E-state index is 0.808. The third-order valence-corrected chi connectivity index (χ3v) is 4.85. The molecule has 0 saturated carbocycles. The van der Waals surface area contributed by atoms with Crippen LogP contribution in [0.5, 0.6) is 0 Å². The highest BCUT2D eigenvalue weighted by Crippen LogP contribution is 2.25. The Bertz CT molecular complexity index is 785. The highest BCUT2D eigenvalue weighted by molar-refractivity contribution is 9.10. The van der Waals surface area contributed by atoms with Crippen LogP contribution >= 0.6 is 15.9 Å². The van der Waals surface area contributed by atoms with E-state index in [1.807, 2.05) is 25.7 Å². The Hall–Kier alpha value is -1.59. The molecule has 2 aromatic heterocycles. The molecule has 2 heterocycles. The molecular formula is C16H19BrN4. The monoisotopic (exact) mass is 346 g/mol. The molecule has 1 aromatic carbocycles. The van der Waals surface area contributed by atoms with E-state index in [1.165, 1.54) is 22.2 Å². The zero-order valence-corrected chi connectivity index (χ0v) is 14.1. The minimum Gasteiger partial charge on any atom is -0.341 e. The third-order valence-electron chi connectivity index (χ3n) is 3.82. The maximum atomic E-state index is 4.47. The number of fused-ring (bicyclic) bond motifs is 1. The number of nitrogens with one attached hydrogen (secondary N) is 1. The maximum absolute atomic E-state index is 4.47. The van der Waals surface area contributed by atoms with E-state index in [2.05, 4.69) is 61.4 Å². The highest BCUT2D eigenvalue weighted by Gasteiger charge is 2.13. The van der Waals surface area contributed by atoms with Gasteiger partial charge in [-0.25, -0.2) is 0 Å². The van der Waals surface area contributed by atoms with Gasteiger partial charge in [0.15, 0.2) is 0 Å². The van der Waals surface area contributed by atoms with Crippen molar-refractivity contribution in [2.45, 2.75) is 20.0 Å². The molecule has 0 saturated heterocycles. The van der Waals surface area contributed by atoms with Crippen molar-refractivity contribution in [3.05, 3.63) is 51.9 Å². The smallest absolute Gasteiger partial charge is 0.0739 e. The second kappa shape index (κ2) is 5.66. The molecule has 4 nitrogen and oxygen atoms in total. The molecule has 110 valence electrons. The van der Waals surface area contributed by atoms with Gasteiger partial charge < -0.3 is 9.88 Å². The van der Waals surface area contributed by atoms with Crippen LogP contribution in [0.1, 0.15) is 17.0 Å². The van der Waals surface area contributed by atoms with E-state index in [0.29, 0.717) is 0 Å². The van der Waals surface area contributed by atoms with Crippen molar-refractivity contribution in [2.24, 2.45) is 7.05 Å². The van der Waals surface area contributed by atoms with E-state index in [-0.39, 0.29) is 0 Å². The minimum absolute atomic E-state index is 0.808. The Morgan fingerprint density at radius 1 is 1.29 bits per heavy atom. The lowest BCUT2D eigenvalue weighted by atomic mass is 10.2. The van der Waals surface area contributed by atoms with Crippen LogP contribution in [0.4, 0.5) is 0 Å². The van der Waals surface area contributed by atoms with Gasteiger partial charge in [-0.1, -0.05) is 18.2 Å². The summed E-state index contributed by atoms with van der Waals surface area (Å²) in [6.45, 7) is 3.70. The number of para-hydroxylation sites is 1. The lowest BCUT2D eigenvalue weighted by molar-refractivity contribution is 0.670. The first kappa shape index (κ1) is 14.4. The molecule has 3 aromatic rings. The van der Waals surface area contributed by atoms with Gasteiger partial charge >= 0.3 is 0 Å². The van der Waals surface area contributed by atoms with E-state index in [4.69, 9.17) is 0 Å². The summed E-state index contributed by atoms with van der Waals surface area (Å²) < 4.78 is 5.34. The summed E-state index contributed by atoms with van der Waals surface area (Å²) in [4.78, 5) is 0. The van der Waals surface area contributed by atoms with Gasteiger partial charge in [-0.05, 0) is 41.5 Å². The SMILES string of the molecule is CNCc1cn(Cc2c(Br)c(C)nn2C)c2ccccc12. The number of hydrogen-bond acceptors (Lipinski definition) is 2. The summed E-state index contributed by atoms with van der Waals surface area (Å²) in [6.07, 6.45) is 2.23. The molecule has 0 aliphatic rings. The summed E-state index contributed by atoms with van der Waals surface area (Å²) in [5, 5.41) is 9.02. The second-order valence-electron chi connectivity index (χ2n) is 5.30. The topological polar surface area (TPSA) is 34.8 Å². The van der Waals surface area contributed by atoms with Gasteiger partial charge in [0, 0.05) is 30.7 Å². The second-order valence-corrected chi connectivity index (χ2v) is 6.09. The molecule has 0 unspecified atom stereocenters. The number of nitrogens with zero attached hydrogens (tertiary/aromatic N) is 3. The van der Waals surface area contributed by atoms with Crippen LogP contribution in [0, 0.1) is 6.92 Å². The van der Waals surface area contributed by atoms with Gasteiger partial charge in [-0.15, -0.1) is 0 Å². The number of halogens is 1. The van der Waals surface area contributed by atoms with E-state index in [0.717, 1.165) is 23.3 Å².